The van der Waals surface area contributed by atoms with Crippen LogP contribution in [0.4, 0.5) is 0 Å². The van der Waals surface area contributed by atoms with E-state index in [-0.39, 0.29) is 11.6 Å². The molecule has 1 amide bonds. The Kier molecular flexibility index (Phi) is 5.90. The van der Waals surface area contributed by atoms with Crippen LogP contribution in [0.1, 0.15) is 43.1 Å². The van der Waals surface area contributed by atoms with Crippen molar-refractivity contribution in [2.75, 3.05) is 6.54 Å². The van der Waals surface area contributed by atoms with E-state index in [1.807, 2.05) is 0 Å². The second kappa shape index (κ2) is 7.47. The summed E-state index contributed by atoms with van der Waals surface area (Å²) in [4.78, 5) is 25.7. The second-order valence-corrected chi connectivity index (χ2v) is 4.11. The average molecular weight is 253 g/mol. The monoisotopic (exact) mass is 253 g/mol. The highest BCUT2D eigenvalue weighted by Gasteiger charge is 2.06. The van der Waals surface area contributed by atoms with Crippen molar-refractivity contribution in [3.05, 3.63) is 18.2 Å². The van der Waals surface area contributed by atoms with Gasteiger partial charge < -0.3 is 15.0 Å². The lowest BCUT2D eigenvalue weighted by Gasteiger charge is -2.05. The van der Waals surface area contributed by atoms with Crippen LogP contribution in [-0.2, 0) is 11.3 Å². The maximum Gasteiger partial charge on any atom is 0.356 e. The Balaban J connectivity index is 2.20. The Morgan fingerprint density at radius 3 is 2.83 bits per heavy atom. The number of unbranched alkanes of at least 4 members (excludes halogenated alkanes) is 2. The number of nitrogens with one attached hydrogen (secondary N) is 1. The number of imidazole rings is 1. The zero-order valence-electron chi connectivity index (χ0n) is 10.6. The zero-order chi connectivity index (χ0) is 13.4. The van der Waals surface area contributed by atoms with Crippen molar-refractivity contribution in [3.8, 4) is 0 Å². The minimum Gasteiger partial charge on any atom is -0.476 e. The Morgan fingerprint density at radius 2 is 2.22 bits per heavy atom. The number of nitrogens with zero attached hydrogens (tertiary/aromatic N) is 2. The minimum atomic E-state index is -1.04. The number of aromatic nitrogens is 2. The van der Waals surface area contributed by atoms with E-state index in [0.29, 0.717) is 19.5 Å². The number of carboxylic acids is 1. The van der Waals surface area contributed by atoms with Crippen molar-refractivity contribution in [1.82, 2.24) is 14.9 Å². The lowest BCUT2D eigenvalue weighted by atomic mass is 10.2. The van der Waals surface area contributed by atoms with Crippen LogP contribution >= 0.6 is 0 Å². The molecule has 6 heteroatoms. The minimum absolute atomic E-state index is 0.0178. The number of hydrogen-bond acceptors (Lipinski definition) is 3. The molecule has 0 aliphatic rings. The predicted octanol–water partition coefficient (Wildman–Crippen LogP) is 1.28. The molecule has 0 radical (unpaired) electrons. The molecule has 1 aromatic heterocycles. The summed E-state index contributed by atoms with van der Waals surface area (Å²) in [6, 6.07) is 0. The molecule has 0 spiro atoms. The van der Waals surface area contributed by atoms with Gasteiger partial charge >= 0.3 is 5.97 Å². The van der Waals surface area contributed by atoms with E-state index in [9.17, 15) is 9.59 Å². The first-order valence-corrected chi connectivity index (χ1v) is 6.15. The Labute approximate surface area is 106 Å². The Bertz CT molecular complexity index is 401. The molecule has 0 aliphatic heterocycles. The average Bonchev–Trinajstić information content (AvgIpc) is 2.78. The molecule has 1 rings (SSSR count). The fourth-order valence-corrected chi connectivity index (χ4v) is 1.54. The lowest BCUT2D eigenvalue weighted by Crippen LogP contribution is -2.26. The normalized spacial score (nSPS) is 10.3. The summed E-state index contributed by atoms with van der Waals surface area (Å²) >= 11 is 0. The number of amides is 1. The Morgan fingerprint density at radius 1 is 1.44 bits per heavy atom. The predicted molar refractivity (Wildman–Crippen MR) is 66.3 cm³/mol. The van der Waals surface area contributed by atoms with Gasteiger partial charge in [-0.1, -0.05) is 19.8 Å². The standard InChI is InChI=1S/C12H19N3O3/c1-2-3-4-5-11(16)13-6-7-15-8-10(12(17)18)14-9-15/h8-9H,2-7H2,1H3,(H,13,16)(H,17,18). The molecular formula is C12H19N3O3. The van der Waals surface area contributed by atoms with Crippen LogP contribution in [-0.4, -0.2) is 33.1 Å². The molecule has 18 heavy (non-hydrogen) atoms. The van der Waals surface area contributed by atoms with Gasteiger partial charge in [0.2, 0.25) is 5.91 Å². The molecule has 0 aromatic carbocycles. The van der Waals surface area contributed by atoms with Crippen LogP contribution in [0.3, 0.4) is 0 Å². The third-order valence-corrected chi connectivity index (χ3v) is 2.55. The molecule has 0 fully saturated rings. The number of carbonyl (C=O) groups excluding carboxylic acids is 1. The van der Waals surface area contributed by atoms with Gasteiger partial charge in [0.1, 0.15) is 0 Å². The summed E-state index contributed by atoms with van der Waals surface area (Å²) in [6.07, 6.45) is 6.53. The fraction of sp³-hybridized carbons (Fsp3) is 0.583. The van der Waals surface area contributed by atoms with E-state index < -0.39 is 5.97 Å². The molecule has 0 unspecified atom stereocenters. The van der Waals surface area contributed by atoms with Gasteiger partial charge in [0, 0.05) is 25.7 Å². The maximum atomic E-state index is 11.4. The summed E-state index contributed by atoms with van der Waals surface area (Å²) in [5.74, 6) is -1.00. The summed E-state index contributed by atoms with van der Waals surface area (Å²) in [7, 11) is 0. The number of carbonyl (C=O) groups is 2. The van der Waals surface area contributed by atoms with Gasteiger partial charge in [-0.15, -0.1) is 0 Å². The van der Waals surface area contributed by atoms with E-state index in [0.717, 1.165) is 19.3 Å². The van der Waals surface area contributed by atoms with Crippen LogP contribution < -0.4 is 5.32 Å². The highest BCUT2D eigenvalue weighted by molar-refractivity contribution is 5.84. The number of carboxylic acid groups (broad SMARTS) is 1. The quantitative estimate of drug-likeness (QED) is 0.683. The molecule has 2 N–H and O–H groups in total. The van der Waals surface area contributed by atoms with E-state index in [1.54, 1.807) is 4.57 Å². The highest BCUT2D eigenvalue weighted by atomic mass is 16.4. The molecule has 0 bridgehead atoms. The first-order chi connectivity index (χ1) is 8.63. The smallest absolute Gasteiger partial charge is 0.356 e. The van der Waals surface area contributed by atoms with Gasteiger partial charge in [0.15, 0.2) is 5.69 Å². The Hall–Kier alpha value is -1.85. The molecule has 1 aromatic rings. The first kappa shape index (κ1) is 14.2. The largest absolute Gasteiger partial charge is 0.476 e. The fourth-order valence-electron chi connectivity index (χ4n) is 1.54. The van der Waals surface area contributed by atoms with E-state index in [4.69, 9.17) is 5.11 Å². The van der Waals surface area contributed by atoms with Gasteiger partial charge in [0.05, 0.1) is 6.33 Å². The van der Waals surface area contributed by atoms with Crippen molar-refractivity contribution < 1.29 is 14.7 Å². The van der Waals surface area contributed by atoms with E-state index in [1.165, 1.54) is 12.5 Å². The number of aromatic carboxylic acids is 1. The van der Waals surface area contributed by atoms with Gasteiger partial charge in [-0.3, -0.25) is 4.79 Å². The van der Waals surface area contributed by atoms with Gasteiger partial charge in [-0.25, -0.2) is 9.78 Å². The van der Waals surface area contributed by atoms with Gasteiger partial charge in [0.25, 0.3) is 0 Å². The highest BCUT2D eigenvalue weighted by Crippen LogP contribution is 1.98. The first-order valence-electron chi connectivity index (χ1n) is 6.15. The summed E-state index contributed by atoms with van der Waals surface area (Å²) in [6.45, 7) is 3.11. The molecule has 0 saturated heterocycles. The van der Waals surface area contributed by atoms with E-state index in [2.05, 4.69) is 17.2 Å². The number of hydrogen-bond donors (Lipinski definition) is 2. The number of rotatable bonds is 8. The summed E-state index contributed by atoms with van der Waals surface area (Å²) in [5.41, 5.74) is 0.0178. The summed E-state index contributed by atoms with van der Waals surface area (Å²) < 4.78 is 1.65. The van der Waals surface area contributed by atoms with Crippen LogP contribution in [0.15, 0.2) is 12.5 Å². The van der Waals surface area contributed by atoms with Crippen molar-refractivity contribution in [3.63, 3.8) is 0 Å². The van der Waals surface area contributed by atoms with Crippen molar-refractivity contribution in [1.29, 1.82) is 0 Å². The molecule has 0 saturated carbocycles. The second-order valence-electron chi connectivity index (χ2n) is 4.11. The molecule has 100 valence electrons. The third kappa shape index (κ3) is 4.99. The molecule has 0 aliphatic carbocycles. The van der Waals surface area contributed by atoms with Gasteiger partial charge in [-0.2, -0.15) is 0 Å². The summed E-state index contributed by atoms with van der Waals surface area (Å²) in [5, 5.41) is 11.5. The van der Waals surface area contributed by atoms with Crippen LogP contribution in [0.2, 0.25) is 0 Å². The lowest BCUT2D eigenvalue weighted by molar-refractivity contribution is -0.121. The SMILES string of the molecule is CCCCCC(=O)NCCn1cnc(C(=O)O)c1. The van der Waals surface area contributed by atoms with Crippen molar-refractivity contribution in [2.45, 2.75) is 39.2 Å². The molecule has 0 atom stereocenters. The van der Waals surface area contributed by atoms with Crippen LogP contribution in [0.25, 0.3) is 0 Å². The third-order valence-electron chi connectivity index (χ3n) is 2.55. The van der Waals surface area contributed by atoms with Gasteiger partial charge in [-0.05, 0) is 6.42 Å². The van der Waals surface area contributed by atoms with Crippen molar-refractivity contribution in [2.24, 2.45) is 0 Å². The maximum absolute atomic E-state index is 11.4. The van der Waals surface area contributed by atoms with E-state index >= 15 is 0 Å². The van der Waals surface area contributed by atoms with Crippen LogP contribution in [0.5, 0.6) is 0 Å². The molecular weight excluding hydrogens is 234 g/mol. The zero-order valence-corrected chi connectivity index (χ0v) is 10.6. The topological polar surface area (TPSA) is 84.2 Å². The van der Waals surface area contributed by atoms with Crippen molar-refractivity contribution >= 4 is 11.9 Å². The van der Waals surface area contributed by atoms with Crippen LogP contribution in [0, 0.1) is 0 Å². The molecule has 1 heterocycles. The molecule has 6 nitrogen and oxygen atoms in total.